The van der Waals surface area contributed by atoms with Gasteiger partial charge in [0.25, 0.3) is 0 Å². The maximum Gasteiger partial charge on any atom is 0.00262 e. The maximum absolute atomic E-state index is 3.30. The van der Waals surface area contributed by atoms with Crippen LogP contribution in [0.1, 0.15) is 12.8 Å². The van der Waals surface area contributed by atoms with Crippen LogP contribution in [0.25, 0.3) is 0 Å². The number of hydrogen-bond acceptors (Lipinski definition) is 1. The highest BCUT2D eigenvalue weighted by Gasteiger charge is 2.36. The van der Waals surface area contributed by atoms with Gasteiger partial charge in [0.15, 0.2) is 0 Å². The van der Waals surface area contributed by atoms with Crippen molar-refractivity contribution in [3.63, 3.8) is 0 Å². The number of rotatable bonds is 0. The van der Waals surface area contributed by atoms with E-state index in [2.05, 4.69) is 17.5 Å². The van der Waals surface area contributed by atoms with Crippen LogP contribution in [-0.2, 0) is 0 Å². The Balaban J connectivity index is 0.000000405. The Bertz CT molecular complexity index is 117. The molecule has 1 fully saturated rings. The first-order valence-corrected chi connectivity index (χ1v) is 3.27. The Hall–Kier alpha value is -0.0100. The summed E-state index contributed by atoms with van der Waals surface area (Å²) in [5, 5.41) is 3.30. The van der Waals surface area contributed by atoms with Crippen LogP contribution in [0.15, 0.2) is 12.2 Å². The molecule has 52 valence electrons. The van der Waals surface area contributed by atoms with Crippen LogP contribution in [0.2, 0.25) is 0 Å². The highest BCUT2D eigenvalue weighted by atomic mass is 35.5. The third-order valence-corrected chi connectivity index (χ3v) is 2.27. The molecular weight excluding hydrogens is 134 g/mol. The highest BCUT2D eigenvalue weighted by Crippen LogP contribution is 2.36. The molecule has 1 N–H and O–H groups in total. The van der Waals surface area contributed by atoms with Crippen LogP contribution in [0.3, 0.4) is 0 Å². The molecular formula is C7H12ClN. The summed E-state index contributed by atoms with van der Waals surface area (Å²) in [5.74, 6) is 0. The zero-order chi connectivity index (χ0) is 5.45. The summed E-state index contributed by atoms with van der Waals surface area (Å²) < 4.78 is 0. The van der Waals surface area contributed by atoms with Crippen LogP contribution in [-0.4, -0.2) is 13.1 Å². The summed E-state index contributed by atoms with van der Waals surface area (Å²) in [6.07, 6.45) is 7.25. The zero-order valence-corrected chi connectivity index (χ0v) is 6.21. The molecule has 0 saturated carbocycles. The van der Waals surface area contributed by atoms with Gasteiger partial charge in [-0.15, -0.1) is 12.4 Å². The van der Waals surface area contributed by atoms with Crippen molar-refractivity contribution in [3.8, 4) is 0 Å². The van der Waals surface area contributed by atoms with Crippen molar-refractivity contribution in [3.05, 3.63) is 12.2 Å². The van der Waals surface area contributed by atoms with Crippen molar-refractivity contribution < 1.29 is 0 Å². The number of halogens is 1. The zero-order valence-electron chi connectivity index (χ0n) is 5.39. The minimum Gasteiger partial charge on any atom is -0.315 e. The van der Waals surface area contributed by atoms with Gasteiger partial charge in [-0.3, -0.25) is 0 Å². The minimum absolute atomic E-state index is 0. The van der Waals surface area contributed by atoms with E-state index in [0.717, 1.165) is 0 Å². The second-order valence-corrected chi connectivity index (χ2v) is 2.98. The second kappa shape index (κ2) is 2.31. The van der Waals surface area contributed by atoms with E-state index in [4.69, 9.17) is 0 Å². The van der Waals surface area contributed by atoms with Gasteiger partial charge in [-0.25, -0.2) is 0 Å². The first-order chi connectivity index (χ1) is 3.91. The molecule has 2 aliphatic rings. The molecule has 1 aliphatic heterocycles. The first-order valence-electron chi connectivity index (χ1n) is 3.27. The summed E-state index contributed by atoms with van der Waals surface area (Å²) in [5.41, 5.74) is 0.694. The molecule has 0 amide bonds. The molecule has 9 heavy (non-hydrogen) atoms. The van der Waals surface area contributed by atoms with Gasteiger partial charge < -0.3 is 5.32 Å². The average Bonchev–Trinajstić information content (AvgIpc) is 2.07. The van der Waals surface area contributed by atoms with Gasteiger partial charge in [0.05, 0.1) is 0 Å². The lowest BCUT2D eigenvalue weighted by Crippen LogP contribution is -2.51. The lowest BCUT2D eigenvalue weighted by molar-refractivity contribution is 0.187. The third-order valence-electron chi connectivity index (χ3n) is 2.27. The summed E-state index contributed by atoms with van der Waals surface area (Å²) >= 11 is 0. The number of nitrogens with one attached hydrogen (secondary N) is 1. The Morgan fingerprint density at radius 1 is 1.11 bits per heavy atom. The normalized spacial score (nSPS) is 27.6. The predicted molar refractivity (Wildman–Crippen MR) is 40.9 cm³/mol. The van der Waals surface area contributed by atoms with E-state index < -0.39 is 0 Å². The van der Waals surface area contributed by atoms with Gasteiger partial charge in [0, 0.05) is 18.5 Å². The highest BCUT2D eigenvalue weighted by molar-refractivity contribution is 5.85. The van der Waals surface area contributed by atoms with Crippen molar-refractivity contribution in [2.45, 2.75) is 12.8 Å². The van der Waals surface area contributed by atoms with E-state index in [1.165, 1.54) is 25.9 Å². The Kier molecular flexibility index (Phi) is 1.83. The topological polar surface area (TPSA) is 12.0 Å². The second-order valence-electron chi connectivity index (χ2n) is 2.98. The Morgan fingerprint density at radius 3 is 1.89 bits per heavy atom. The van der Waals surface area contributed by atoms with Crippen LogP contribution in [0.5, 0.6) is 0 Å². The van der Waals surface area contributed by atoms with Crippen LogP contribution in [0.4, 0.5) is 0 Å². The van der Waals surface area contributed by atoms with Crippen molar-refractivity contribution in [1.82, 2.24) is 5.32 Å². The fourth-order valence-corrected chi connectivity index (χ4v) is 1.52. The van der Waals surface area contributed by atoms with E-state index in [0.29, 0.717) is 5.41 Å². The van der Waals surface area contributed by atoms with Crippen molar-refractivity contribution in [2.75, 3.05) is 13.1 Å². The van der Waals surface area contributed by atoms with Crippen molar-refractivity contribution in [2.24, 2.45) is 5.41 Å². The molecule has 0 bridgehead atoms. The molecule has 1 aliphatic carbocycles. The maximum atomic E-state index is 3.30. The quantitative estimate of drug-likeness (QED) is 0.508. The lowest BCUT2D eigenvalue weighted by atomic mass is 9.80. The van der Waals surface area contributed by atoms with Gasteiger partial charge in [-0.05, 0) is 12.8 Å². The van der Waals surface area contributed by atoms with Gasteiger partial charge in [0.1, 0.15) is 0 Å². The molecule has 0 radical (unpaired) electrons. The Labute approximate surface area is 61.9 Å². The molecule has 1 spiro atoms. The van der Waals surface area contributed by atoms with E-state index in [9.17, 15) is 0 Å². The lowest BCUT2D eigenvalue weighted by Gasteiger charge is -2.39. The van der Waals surface area contributed by atoms with Crippen LogP contribution in [0, 0.1) is 5.41 Å². The SMILES string of the molecule is C1=CCC2(C1)CNC2.Cl. The predicted octanol–water partition coefficient (Wildman–Crippen LogP) is 1.35. The minimum atomic E-state index is 0. The van der Waals surface area contributed by atoms with E-state index >= 15 is 0 Å². The molecule has 2 heteroatoms. The molecule has 1 saturated heterocycles. The van der Waals surface area contributed by atoms with Gasteiger partial charge in [-0.1, -0.05) is 12.2 Å². The van der Waals surface area contributed by atoms with Gasteiger partial charge >= 0.3 is 0 Å². The van der Waals surface area contributed by atoms with Crippen molar-refractivity contribution >= 4 is 12.4 Å². The number of hydrogen-bond donors (Lipinski definition) is 1. The van der Waals surface area contributed by atoms with E-state index in [1.54, 1.807) is 0 Å². The summed E-state index contributed by atoms with van der Waals surface area (Å²) in [6.45, 7) is 2.50. The smallest absolute Gasteiger partial charge is 0.00262 e. The Morgan fingerprint density at radius 2 is 1.67 bits per heavy atom. The summed E-state index contributed by atoms with van der Waals surface area (Å²) in [7, 11) is 0. The van der Waals surface area contributed by atoms with E-state index in [-0.39, 0.29) is 12.4 Å². The van der Waals surface area contributed by atoms with Crippen LogP contribution < -0.4 is 5.32 Å². The monoisotopic (exact) mass is 145 g/mol. The fourth-order valence-electron chi connectivity index (χ4n) is 1.52. The summed E-state index contributed by atoms with van der Waals surface area (Å²) in [6, 6.07) is 0. The first kappa shape index (κ1) is 7.10. The van der Waals surface area contributed by atoms with Crippen molar-refractivity contribution in [1.29, 1.82) is 0 Å². The number of allylic oxidation sites excluding steroid dienone is 2. The van der Waals surface area contributed by atoms with E-state index in [1.807, 2.05) is 0 Å². The molecule has 0 aromatic carbocycles. The summed E-state index contributed by atoms with van der Waals surface area (Å²) in [4.78, 5) is 0. The molecule has 1 nitrogen and oxygen atoms in total. The molecule has 0 aromatic heterocycles. The van der Waals surface area contributed by atoms with Gasteiger partial charge in [-0.2, -0.15) is 0 Å². The molecule has 2 rings (SSSR count). The molecule has 1 heterocycles. The molecule has 0 unspecified atom stereocenters. The van der Waals surface area contributed by atoms with Crippen LogP contribution >= 0.6 is 12.4 Å². The standard InChI is InChI=1S/C7H11N.ClH/c1-2-4-7(3-1)5-8-6-7;/h1-2,8H,3-6H2;1H. The molecule has 0 aromatic rings. The third kappa shape index (κ3) is 0.993. The largest absolute Gasteiger partial charge is 0.315 e. The average molecular weight is 146 g/mol. The fraction of sp³-hybridized carbons (Fsp3) is 0.714. The molecule has 0 atom stereocenters. The van der Waals surface area contributed by atoms with Gasteiger partial charge in [0.2, 0.25) is 0 Å².